The van der Waals surface area contributed by atoms with E-state index in [1.165, 1.54) is 12.4 Å². The number of benzene rings is 1. The highest BCUT2D eigenvalue weighted by atomic mass is 16.5. The molecule has 0 saturated heterocycles. The highest BCUT2D eigenvalue weighted by molar-refractivity contribution is 6.00. The van der Waals surface area contributed by atoms with Gasteiger partial charge in [-0.3, -0.25) is 9.48 Å². The second kappa shape index (κ2) is 9.13. The predicted octanol–water partition coefficient (Wildman–Crippen LogP) is 3.13. The summed E-state index contributed by atoms with van der Waals surface area (Å²) in [7, 11) is 4.91. The van der Waals surface area contributed by atoms with Gasteiger partial charge in [-0.25, -0.2) is 15.0 Å². The lowest BCUT2D eigenvalue weighted by molar-refractivity contribution is 0.0963. The Morgan fingerprint density at radius 2 is 1.97 bits per heavy atom. The van der Waals surface area contributed by atoms with Gasteiger partial charge >= 0.3 is 0 Å². The van der Waals surface area contributed by atoms with Gasteiger partial charge in [0.1, 0.15) is 18.0 Å². The maximum Gasteiger partial charge on any atom is 0.254 e. The number of nitrogens with zero attached hydrogens (tertiary/aromatic N) is 5. The van der Waals surface area contributed by atoms with Crippen molar-refractivity contribution in [1.82, 2.24) is 30.0 Å². The number of nitrogens with one attached hydrogen (secondary N) is 3. The van der Waals surface area contributed by atoms with Gasteiger partial charge in [0, 0.05) is 32.6 Å². The lowest BCUT2D eigenvalue weighted by Gasteiger charge is -2.17. The van der Waals surface area contributed by atoms with Gasteiger partial charge in [-0.05, 0) is 24.2 Å². The SMILES string of the molecule is [2H]c1ccc(Nc2cc(Nc3cccc(-c4ncn(C)n4)c3OC)c(C(=O)NC)cn2)nc1. The van der Waals surface area contributed by atoms with E-state index in [0.717, 1.165) is 0 Å². The van der Waals surface area contributed by atoms with Crippen LogP contribution in [-0.4, -0.2) is 44.8 Å². The van der Waals surface area contributed by atoms with Crippen LogP contribution in [0, 0.1) is 0 Å². The molecular formula is C22H22N8O2. The Kier molecular flexibility index (Phi) is 5.56. The lowest BCUT2D eigenvalue weighted by Crippen LogP contribution is -2.19. The van der Waals surface area contributed by atoms with Gasteiger partial charge in [0.25, 0.3) is 5.91 Å². The molecule has 0 fully saturated rings. The maximum absolute atomic E-state index is 12.5. The van der Waals surface area contributed by atoms with Crippen LogP contribution in [-0.2, 0) is 7.05 Å². The molecule has 0 aliphatic rings. The van der Waals surface area contributed by atoms with Crippen LogP contribution in [0.15, 0.2) is 61.2 Å². The van der Waals surface area contributed by atoms with Gasteiger partial charge in [-0.2, -0.15) is 5.10 Å². The van der Waals surface area contributed by atoms with Crippen LogP contribution in [0.25, 0.3) is 11.4 Å². The Balaban J connectivity index is 1.73. The molecule has 0 aliphatic carbocycles. The van der Waals surface area contributed by atoms with E-state index < -0.39 is 0 Å². The molecule has 0 aliphatic heterocycles. The van der Waals surface area contributed by atoms with Gasteiger partial charge in [0.05, 0.1) is 31.0 Å². The fourth-order valence-corrected chi connectivity index (χ4v) is 3.11. The van der Waals surface area contributed by atoms with Crippen molar-refractivity contribution in [3.8, 4) is 17.1 Å². The Morgan fingerprint density at radius 3 is 2.66 bits per heavy atom. The van der Waals surface area contributed by atoms with E-state index in [9.17, 15) is 4.79 Å². The van der Waals surface area contributed by atoms with Gasteiger partial charge in [0.15, 0.2) is 11.6 Å². The zero-order chi connectivity index (χ0) is 23.4. The molecule has 32 heavy (non-hydrogen) atoms. The number of para-hydroxylation sites is 1. The molecule has 10 heteroatoms. The third-order valence-corrected chi connectivity index (χ3v) is 4.58. The minimum Gasteiger partial charge on any atom is -0.494 e. The number of hydrogen-bond donors (Lipinski definition) is 3. The van der Waals surface area contributed by atoms with Crippen LogP contribution >= 0.6 is 0 Å². The number of pyridine rings is 2. The minimum atomic E-state index is -0.297. The van der Waals surface area contributed by atoms with Gasteiger partial charge in [-0.1, -0.05) is 12.1 Å². The van der Waals surface area contributed by atoms with Crippen LogP contribution in [0.3, 0.4) is 0 Å². The van der Waals surface area contributed by atoms with Gasteiger partial charge < -0.3 is 20.7 Å². The van der Waals surface area contributed by atoms with Crippen molar-refractivity contribution < 1.29 is 10.9 Å². The second-order valence-corrected chi connectivity index (χ2v) is 6.72. The zero-order valence-electron chi connectivity index (χ0n) is 18.7. The Labute approximate surface area is 186 Å². The van der Waals surface area contributed by atoms with E-state index in [1.54, 1.807) is 50.4 Å². The number of carbonyl (C=O) groups is 1. The summed E-state index contributed by atoms with van der Waals surface area (Å²) >= 11 is 0. The average Bonchev–Trinajstić information content (AvgIpc) is 3.26. The third kappa shape index (κ3) is 4.33. The molecule has 162 valence electrons. The molecule has 4 aromatic rings. The number of hydrogen-bond acceptors (Lipinski definition) is 8. The van der Waals surface area contributed by atoms with Crippen molar-refractivity contribution in [1.29, 1.82) is 0 Å². The Hall–Kier alpha value is -4.47. The largest absolute Gasteiger partial charge is 0.494 e. The number of anilines is 4. The first-order chi connectivity index (χ1) is 16.0. The average molecular weight is 431 g/mol. The lowest BCUT2D eigenvalue weighted by atomic mass is 10.1. The summed E-state index contributed by atoms with van der Waals surface area (Å²) in [5, 5.41) is 13.3. The van der Waals surface area contributed by atoms with Crippen LogP contribution < -0.4 is 20.7 Å². The minimum absolute atomic E-state index is 0.297. The molecule has 0 unspecified atom stereocenters. The molecule has 4 rings (SSSR count). The first-order valence-corrected chi connectivity index (χ1v) is 9.70. The first-order valence-electron chi connectivity index (χ1n) is 10.2. The molecule has 0 bridgehead atoms. The standard InChI is InChI=1S/C22H22N8O2/c1-23-22(31)15-12-25-19(28-18-9-4-5-10-24-18)11-17(15)27-16-8-6-7-14(20(16)32-3)21-26-13-30(2)29-21/h4-13H,1-3H3,(H,23,31)(H2,24,25,27,28)/i5D. The molecule has 0 spiro atoms. The van der Waals surface area contributed by atoms with Crippen molar-refractivity contribution in [2.24, 2.45) is 7.05 Å². The number of methoxy groups -OCH3 is 1. The molecule has 1 amide bonds. The van der Waals surface area contributed by atoms with Crippen molar-refractivity contribution in [2.75, 3.05) is 24.8 Å². The van der Waals surface area contributed by atoms with E-state index in [2.05, 4.69) is 36.0 Å². The molecule has 3 heterocycles. The predicted molar refractivity (Wildman–Crippen MR) is 121 cm³/mol. The summed E-state index contributed by atoms with van der Waals surface area (Å²) in [6, 6.07) is 10.8. The highest BCUT2D eigenvalue weighted by Gasteiger charge is 2.18. The van der Waals surface area contributed by atoms with Crippen LogP contribution in [0.4, 0.5) is 23.0 Å². The van der Waals surface area contributed by atoms with E-state index in [1.807, 2.05) is 18.2 Å². The number of amides is 1. The van der Waals surface area contributed by atoms with E-state index >= 15 is 0 Å². The van der Waals surface area contributed by atoms with Gasteiger partial charge in [0.2, 0.25) is 0 Å². The van der Waals surface area contributed by atoms with Crippen molar-refractivity contribution in [3.63, 3.8) is 0 Å². The molecular weight excluding hydrogens is 408 g/mol. The molecule has 10 nitrogen and oxygen atoms in total. The summed E-state index contributed by atoms with van der Waals surface area (Å²) in [6.07, 6.45) is 4.52. The second-order valence-electron chi connectivity index (χ2n) is 6.72. The first kappa shape index (κ1) is 19.5. The third-order valence-electron chi connectivity index (χ3n) is 4.58. The highest BCUT2D eigenvalue weighted by Crippen LogP contribution is 2.37. The van der Waals surface area contributed by atoms with Gasteiger partial charge in [-0.15, -0.1) is 0 Å². The number of ether oxygens (including phenoxy) is 1. The molecule has 0 saturated carbocycles. The van der Waals surface area contributed by atoms with Crippen molar-refractivity contribution >= 4 is 28.9 Å². The Morgan fingerprint density at radius 1 is 1.09 bits per heavy atom. The fraction of sp³-hybridized carbons (Fsp3) is 0.136. The normalized spacial score (nSPS) is 10.9. The van der Waals surface area contributed by atoms with Crippen molar-refractivity contribution in [2.45, 2.75) is 0 Å². The summed E-state index contributed by atoms with van der Waals surface area (Å²) in [5.74, 6) is 1.75. The molecule has 1 aromatic carbocycles. The van der Waals surface area contributed by atoms with Crippen LogP contribution in [0.2, 0.25) is 0 Å². The molecule has 0 radical (unpaired) electrons. The van der Waals surface area contributed by atoms with E-state index in [0.29, 0.717) is 51.8 Å². The van der Waals surface area contributed by atoms with E-state index in [4.69, 9.17) is 6.11 Å². The van der Waals surface area contributed by atoms with Crippen LogP contribution in [0.5, 0.6) is 5.75 Å². The van der Waals surface area contributed by atoms with E-state index in [-0.39, 0.29) is 5.91 Å². The number of carbonyl (C=O) groups excluding carboxylic acids is 1. The number of aryl methyl sites for hydroxylation is 1. The van der Waals surface area contributed by atoms with Crippen LogP contribution in [0.1, 0.15) is 11.7 Å². The summed E-state index contributed by atoms with van der Waals surface area (Å²) in [4.78, 5) is 25.3. The Bertz CT molecular complexity index is 1290. The molecule has 3 N–H and O–H groups in total. The van der Waals surface area contributed by atoms with Crippen molar-refractivity contribution in [3.05, 3.63) is 66.7 Å². The zero-order valence-corrected chi connectivity index (χ0v) is 17.7. The quantitative estimate of drug-likeness (QED) is 0.408. The molecule has 3 aromatic heterocycles. The molecule has 0 atom stereocenters. The monoisotopic (exact) mass is 431 g/mol. The summed E-state index contributed by atoms with van der Waals surface area (Å²) < 4.78 is 14.8. The maximum atomic E-state index is 12.5. The summed E-state index contributed by atoms with van der Waals surface area (Å²) in [6.45, 7) is 0. The smallest absolute Gasteiger partial charge is 0.254 e. The topological polar surface area (TPSA) is 119 Å². The summed E-state index contributed by atoms with van der Waals surface area (Å²) in [5.41, 5.74) is 2.19. The fourth-order valence-electron chi connectivity index (χ4n) is 3.11. The number of aromatic nitrogens is 5. The number of rotatable bonds is 7.